The fourth-order valence-electron chi connectivity index (χ4n) is 1.41. The first-order valence-electron chi connectivity index (χ1n) is 5.16. The third-order valence-corrected chi connectivity index (χ3v) is 2.19. The van der Waals surface area contributed by atoms with E-state index < -0.39 is 0 Å². The van der Waals surface area contributed by atoms with Gasteiger partial charge in [-0.15, -0.1) is 0 Å². The predicted molar refractivity (Wildman–Crippen MR) is 62.3 cm³/mol. The molecular formula is C12H21N2+. The number of hydrogen-bond acceptors (Lipinski definition) is 1. The smallest absolute Gasteiger partial charge is 0.135 e. The molecule has 1 aromatic rings. The van der Waals surface area contributed by atoms with Crippen molar-refractivity contribution in [3.63, 3.8) is 0 Å². The second-order valence-corrected chi connectivity index (χ2v) is 5.12. The second-order valence-electron chi connectivity index (χ2n) is 5.12. The number of aromatic nitrogens is 1. The lowest BCUT2D eigenvalue weighted by atomic mass is 10.1. The molecule has 0 N–H and O–H groups in total. The van der Waals surface area contributed by atoms with Gasteiger partial charge in [0.05, 0.1) is 21.1 Å². The van der Waals surface area contributed by atoms with Crippen LogP contribution < -0.4 is 4.48 Å². The number of quaternary nitrogens is 1. The summed E-state index contributed by atoms with van der Waals surface area (Å²) in [5.41, 5.74) is 2.52. The molecule has 78 valence electrons. The first-order valence-corrected chi connectivity index (χ1v) is 5.16. The molecule has 1 rings (SSSR count). The van der Waals surface area contributed by atoms with Crippen molar-refractivity contribution in [3.8, 4) is 0 Å². The summed E-state index contributed by atoms with van der Waals surface area (Å²) < 4.78 is 0.855. The molecule has 0 bridgehead atoms. The van der Waals surface area contributed by atoms with Gasteiger partial charge in [-0.25, -0.2) is 0 Å². The monoisotopic (exact) mass is 193 g/mol. The van der Waals surface area contributed by atoms with Crippen molar-refractivity contribution < 1.29 is 0 Å². The van der Waals surface area contributed by atoms with Gasteiger partial charge in [0.25, 0.3) is 0 Å². The van der Waals surface area contributed by atoms with Crippen LogP contribution in [0.15, 0.2) is 18.3 Å². The molecule has 0 fully saturated rings. The Kier molecular flexibility index (Phi) is 3.27. The molecule has 14 heavy (non-hydrogen) atoms. The van der Waals surface area contributed by atoms with Crippen molar-refractivity contribution in [3.05, 3.63) is 24.0 Å². The first-order chi connectivity index (χ1) is 6.39. The average molecular weight is 193 g/mol. The van der Waals surface area contributed by atoms with Crippen LogP contribution in [0.3, 0.4) is 0 Å². The van der Waals surface area contributed by atoms with Crippen LogP contribution in [0.2, 0.25) is 0 Å². The van der Waals surface area contributed by atoms with E-state index in [4.69, 9.17) is 0 Å². The Labute approximate surface area is 87.2 Å². The van der Waals surface area contributed by atoms with Gasteiger partial charge < -0.3 is 0 Å². The van der Waals surface area contributed by atoms with E-state index >= 15 is 0 Å². The maximum atomic E-state index is 4.38. The molecule has 0 unspecified atom stereocenters. The van der Waals surface area contributed by atoms with Crippen LogP contribution >= 0.6 is 0 Å². The normalized spacial score (nSPS) is 12.1. The molecule has 0 saturated carbocycles. The van der Waals surface area contributed by atoms with Gasteiger partial charge in [0.15, 0.2) is 0 Å². The zero-order valence-corrected chi connectivity index (χ0v) is 9.91. The Morgan fingerprint density at radius 1 is 1.29 bits per heavy atom. The minimum absolute atomic E-state index is 0.671. The number of nitrogens with zero attached hydrogens (tertiary/aromatic N) is 2. The summed E-state index contributed by atoms with van der Waals surface area (Å²) in [7, 11) is 6.53. The van der Waals surface area contributed by atoms with E-state index in [0.717, 1.165) is 10.9 Å². The topological polar surface area (TPSA) is 12.9 Å². The fourth-order valence-corrected chi connectivity index (χ4v) is 1.41. The molecule has 0 radical (unpaired) electrons. The van der Waals surface area contributed by atoms with Gasteiger partial charge in [0.1, 0.15) is 5.69 Å². The zero-order chi connectivity index (χ0) is 10.8. The largest absolute Gasteiger partial charge is 0.298 e. The Morgan fingerprint density at radius 3 is 2.43 bits per heavy atom. The first kappa shape index (κ1) is 11.2. The summed E-state index contributed by atoms with van der Waals surface area (Å²) in [6.45, 7) is 4.45. The van der Waals surface area contributed by atoms with E-state index in [9.17, 15) is 0 Å². The molecule has 0 aliphatic carbocycles. The summed E-state index contributed by atoms with van der Waals surface area (Å²) in [6.07, 6.45) is 2.98. The van der Waals surface area contributed by atoms with Crippen molar-refractivity contribution in [2.75, 3.05) is 21.1 Å². The van der Waals surface area contributed by atoms with Crippen molar-refractivity contribution in [2.24, 2.45) is 5.92 Å². The van der Waals surface area contributed by atoms with Crippen LogP contribution in [0, 0.1) is 5.92 Å². The summed E-state index contributed by atoms with van der Waals surface area (Å²) >= 11 is 0. The lowest BCUT2D eigenvalue weighted by Crippen LogP contribution is -2.34. The highest BCUT2D eigenvalue weighted by Gasteiger charge is 2.12. The molecule has 0 amide bonds. The molecule has 0 spiro atoms. The Hall–Kier alpha value is -0.890. The Bertz CT molecular complexity index is 297. The van der Waals surface area contributed by atoms with Gasteiger partial charge in [-0.3, -0.25) is 9.47 Å². The van der Waals surface area contributed by atoms with E-state index in [1.54, 1.807) is 0 Å². The maximum Gasteiger partial charge on any atom is 0.135 e. The van der Waals surface area contributed by atoms with E-state index in [1.165, 1.54) is 11.4 Å². The van der Waals surface area contributed by atoms with Crippen LogP contribution in [0.25, 0.3) is 0 Å². The number of rotatable bonds is 3. The van der Waals surface area contributed by atoms with Crippen LogP contribution in [0.5, 0.6) is 0 Å². The zero-order valence-electron chi connectivity index (χ0n) is 9.91. The molecule has 2 nitrogen and oxygen atoms in total. The second kappa shape index (κ2) is 4.09. The standard InChI is InChI=1S/C12H21N2/c1-10(2)8-11-9-12(6-7-13-11)14(3,4)5/h6-7,9-10H,8H2,1-5H3/q+1. The molecule has 0 atom stereocenters. The Balaban J connectivity index is 2.90. The van der Waals surface area contributed by atoms with E-state index in [1.807, 2.05) is 6.20 Å². The van der Waals surface area contributed by atoms with Crippen molar-refractivity contribution in [1.82, 2.24) is 9.47 Å². The van der Waals surface area contributed by atoms with Gasteiger partial charge in [0.2, 0.25) is 0 Å². The Morgan fingerprint density at radius 2 is 1.93 bits per heavy atom. The van der Waals surface area contributed by atoms with E-state index in [0.29, 0.717) is 5.92 Å². The van der Waals surface area contributed by atoms with Crippen LogP contribution in [0.4, 0.5) is 5.69 Å². The highest BCUT2D eigenvalue weighted by atomic mass is 15.3. The molecule has 0 aromatic carbocycles. The summed E-state index contributed by atoms with van der Waals surface area (Å²) in [5, 5.41) is 0. The third-order valence-electron chi connectivity index (χ3n) is 2.19. The average Bonchev–Trinajstić information content (AvgIpc) is 2.01. The highest BCUT2D eigenvalue weighted by molar-refractivity contribution is 5.41. The highest BCUT2D eigenvalue weighted by Crippen LogP contribution is 2.17. The minimum Gasteiger partial charge on any atom is -0.298 e. The van der Waals surface area contributed by atoms with Gasteiger partial charge >= 0.3 is 0 Å². The number of pyridine rings is 1. The molecule has 2 heteroatoms. The van der Waals surface area contributed by atoms with E-state index in [2.05, 4.69) is 52.1 Å². The lowest BCUT2D eigenvalue weighted by molar-refractivity contribution is 0.484. The molecule has 1 heterocycles. The summed E-state index contributed by atoms with van der Waals surface area (Å²) in [4.78, 5) is 4.38. The summed E-state index contributed by atoms with van der Waals surface area (Å²) in [6, 6.07) is 4.30. The molecular weight excluding hydrogens is 172 g/mol. The molecule has 0 saturated heterocycles. The molecule has 1 aromatic heterocycles. The SMILES string of the molecule is CC(C)Cc1cc([N+](C)(C)C)ccn1. The van der Waals surface area contributed by atoms with Crippen LogP contribution in [0.1, 0.15) is 19.5 Å². The van der Waals surface area contributed by atoms with Gasteiger partial charge in [0, 0.05) is 24.0 Å². The van der Waals surface area contributed by atoms with Gasteiger partial charge in [-0.1, -0.05) is 13.8 Å². The number of hydrogen-bond donors (Lipinski definition) is 0. The van der Waals surface area contributed by atoms with Crippen molar-refractivity contribution in [1.29, 1.82) is 0 Å². The quantitative estimate of drug-likeness (QED) is 0.672. The van der Waals surface area contributed by atoms with Gasteiger partial charge in [-0.05, 0) is 12.3 Å². The predicted octanol–water partition coefficient (Wildman–Crippen LogP) is 2.48. The van der Waals surface area contributed by atoms with Gasteiger partial charge in [-0.2, -0.15) is 0 Å². The van der Waals surface area contributed by atoms with Crippen LogP contribution in [-0.2, 0) is 6.42 Å². The van der Waals surface area contributed by atoms with E-state index in [-0.39, 0.29) is 0 Å². The van der Waals surface area contributed by atoms with Crippen LogP contribution in [-0.4, -0.2) is 26.1 Å². The lowest BCUT2D eigenvalue weighted by Gasteiger charge is -2.23. The van der Waals surface area contributed by atoms with Crippen molar-refractivity contribution >= 4 is 5.69 Å². The molecule has 0 aliphatic rings. The molecule has 0 aliphatic heterocycles. The minimum atomic E-state index is 0.671. The maximum absolute atomic E-state index is 4.38. The fraction of sp³-hybridized carbons (Fsp3) is 0.583. The summed E-state index contributed by atoms with van der Waals surface area (Å²) in [5.74, 6) is 0.671. The third kappa shape index (κ3) is 3.11. The van der Waals surface area contributed by atoms with Crippen molar-refractivity contribution in [2.45, 2.75) is 20.3 Å².